The number of carbonyl (C=O) groups excluding carboxylic acids is 1. The second-order valence-electron chi connectivity index (χ2n) is 5.34. The van der Waals surface area contributed by atoms with Crippen LogP contribution in [0.5, 0.6) is 0 Å². The molecule has 1 aliphatic carbocycles. The second kappa shape index (κ2) is 5.40. The van der Waals surface area contributed by atoms with Crippen molar-refractivity contribution in [2.45, 2.75) is 45.6 Å². The van der Waals surface area contributed by atoms with Gasteiger partial charge in [-0.05, 0) is 45.6 Å². The molecule has 1 aliphatic rings. The molecule has 1 atom stereocenters. The molecule has 2 aromatic heterocycles. The summed E-state index contributed by atoms with van der Waals surface area (Å²) in [5.41, 5.74) is 2.85. The number of fused-ring (bicyclic) bond motifs is 1. The number of hydrogen-bond donors (Lipinski definition) is 2. The van der Waals surface area contributed by atoms with Gasteiger partial charge < -0.3 is 10.3 Å². The van der Waals surface area contributed by atoms with Crippen molar-refractivity contribution in [2.24, 2.45) is 0 Å². The standard InChI is InChI=1S/C15H19N3OS/c1-9-11(7-8-16-9)14(19)17-10(2)15-18-12-5-3-4-6-13(12)20-15/h7-8,10,16H,3-6H2,1-2H3,(H,17,19). The smallest absolute Gasteiger partial charge is 0.253 e. The van der Waals surface area contributed by atoms with Gasteiger partial charge in [-0.2, -0.15) is 0 Å². The molecule has 0 saturated carbocycles. The van der Waals surface area contributed by atoms with E-state index in [0.717, 1.165) is 23.5 Å². The van der Waals surface area contributed by atoms with Gasteiger partial charge in [0.15, 0.2) is 0 Å². The van der Waals surface area contributed by atoms with Crippen LogP contribution < -0.4 is 5.32 Å². The SMILES string of the molecule is Cc1[nH]ccc1C(=O)NC(C)c1nc2c(s1)CCCC2. The Morgan fingerprint density at radius 3 is 2.95 bits per heavy atom. The molecule has 20 heavy (non-hydrogen) atoms. The molecule has 0 aromatic carbocycles. The lowest BCUT2D eigenvalue weighted by atomic mass is 10.0. The molecule has 1 unspecified atom stereocenters. The van der Waals surface area contributed by atoms with Crippen molar-refractivity contribution >= 4 is 17.2 Å². The van der Waals surface area contributed by atoms with Crippen molar-refractivity contribution < 1.29 is 4.79 Å². The highest BCUT2D eigenvalue weighted by molar-refractivity contribution is 7.11. The first-order chi connectivity index (χ1) is 9.65. The van der Waals surface area contributed by atoms with Gasteiger partial charge in [-0.1, -0.05) is 0 Å². The van der Waals surface area contributed by atoms with Crippen LogP contribution >= 0.6 is 11.3 Å². The Morgan fingerprint density at radius 2 is 2.25 bits per heavy atom. The molecule has 0 fully saturated rings. The minimum Gasteiger partial charge on any atom is -0.365 e. The third-order valence-electron chi connectivity index (χ3n) is 3.78. The summed E-state index contributed by atoms with van der Waals surface area (Å²) in [4.78, 5) is 21.3. The molecule has 0 saturated heterocycles. The number of aryl methyl sites for hydroxylation is 3. The first-order valence-corrected chi connectivity index (χ1v) is 7.90. The fraction of sp³-hybridized carbons (Fsp3) is 0.467. The van der Waals surface area contributed by atoms with Crippen molar-refractivity contribution in [2.75, 3.05) is 0 Å². The van der Waals surface area contributed by atoms with Crippen LogP contribution in [0.3, 0.4) is 0 Å². The molecule has 2 aromatic rings. The normalized spacial score (nSPS) is 15.7. The summed E-state index contributed by atoms with van der Waals surface area (Å²) in [6, 6.07) is 1.77. The second-order valence-corrected chi connectivity index (χ2v) is 6.46. The lowest BCUT2D eigenvalue weighted by Crippen LogP contribution is -2.26. The number of amides is 1. The number of hydrogen-bond acceptors (Lipinski definition) is 3. The summed E-state index contributed by atoms with van der Waals surface area (Å²) < 4.78 is 0. The molecular weight excluding hydrogens is 270 g/mol. The van der Waals surface area contributed by atoms with Crippen LogP contribution in [-0.4, -0.2) is 15.9 Å². The number of aromatic amines is 1. The van der Waals surface area contributed by atoms with Crippen LogP contribution in [0.4, 0.5) is 0 Å². The van der Waals surface area contributed by atoms with Gasteiger partial charge in [0.1, 0.15) is 5.01 Å². The van der Waals surface area contributed by atoms with E-state index in [-0.39, 0.29) is 11.9 Å². The van der Waals surface area contributed by atoms with Crippen LogP contribution in [0.2, 0.25) is 0 Å². The Hall–Kier alpha value is -1.62. The van der Waals surface area contributed by atoms with E-state index in [4.69, 9.17) is 4.98 Å². The van der Waals surface area contributed by atoms with Gasteiger partial charge in [-0.15, -0.1) is 11.3 Å². The van der Waals surface area contributed by atoms with E-state index in [1.54, 1.807) is 17.5 Å². The lowest BCUT2D eigenvalue weighted by Gasteiger charge is -2.10. The molecule has 2 N–H and O–H groups in total. The third kappa shape index (κ3) is 2.50. The third-order valence-corrected chi connectivity index (χ3v) is 5.12. The predicted octanol–water partition coefficient (Wildman–Crippen LogP) is 3.15. The zero-order valence-electron chi connectivity index (χ0n) is 11.8. The van der Waals surface area contributed by atoms with Gasteiger partial charge in [0, 0.05) is 16.8 Å². The molecule has 5 heteroatoms. The first-order valence-electron chi connectivity index (χ1n) is 7.08. The number of nitrogens with one attached hydrogen (secondary N) is 2. The van der Waals surface area contributed by atoms with E-state index < -0.39 is 0 Å². The number of aromatic nitrogens is 2. The lowest BCUT2D eigenvalue weighted by molar-refractivity contribution is 0.0939. The Morgan fingerprint density at radius 1 is 1.45 bits per heavy atom. The highest BCUT2D eigenvalue weighted by atomic mass is 32.1. The minimum absolute atomic E-state index is 0.0348. The molecule has 0 spiro atoms. The van der Waals surface area contributed by atoms with Gasteiger partial charge >= 0.3 is 0 Å². The number of carbonyl (C=O) groups is 1. The van der Waals surface area contributed by atoms with Crippen LogP contribution in [0.15, 0.2) is 12.3 Å². The fourth-order valence-corrected chi connectivity index (χ4v) is 3.75. The fourth-order valence-electron chi connectivity index (χ4n) is 2.59. The average Bonchev–Trinajstić information content (AvgIpc) is 3.04. The molecule has 2 heterocycles. The van der Waals surface area contributed by atoms with Gasteiger partial charge in [0.05, 0.1) is 17.3 Å². The highest BCUT2D eigenvalue weighted by Gasteiger charge is 2.20. The Bertz CT molecular complexity index is 605. The summed E-state index contributed by atoms with van der Waals surface area (Å²) in [7, 11) is 0. The first kappa shape index (κ1) is 13.4. The maximum atomic E-state index is 12.2. The molecular formula is C15H19N3OS. The Kier molecular flexibility index (Phi) is 3.61. The zero-order chi connectivity index (χ0) is 14.1. The molecule has 0 radical (unpaired) electrons. The summed E-state index contributed by atoms with van der Waals surface area (Å²) >= 11 is 1.75. The van der Waals surface area contributed by atoms with E-state index in [1.165, 1.54) is 23.4 Å². The number of H-pyrrole nitrogens is 1. The monoisotopic (exact) mass is 289 g/mol. The maximum absolute atomic E-state index is 12.2. The van der Waals surface area contributed by atoms with Crippen molar-refractivity contribution in [1.29, 1.82) is 0 Å². The molecule has 0 aliphatic heterocycles. The number of nitrogens with zero attached hydrogens (tertiary/aromatic N) is 1. The summed E-state index contributed by atoms with van der Waals surface area (Å²) in [5, 5.41) is 4.06. The van der Waals surface area contributed by atoms with Crippen LogP contribution in [0.25, 0.3) is 0 Å². The Balaban J connectivity index is 1.73. The van der Waals surface area contributed by atoms with E-state index in [0.29, 0.717) is 5.56 Å². The van der Waals surface area contributed by atoms with E-state index in [9.17, 15) is 4.79 Å². The van der Waals surface area contributed by atoms with Crippen molar-refractivity contribution in [3.05, 3.63) is 39.1 Å². The quantitative estimate of drug-likeness (QED) is 0.912. The number of rotatable bonds is 3. The topological polar surface area (TPSA) is 57.8 Å². The van der Waals surface area contributed by atoms with Gasteiger partial charge in [0.25, 0.3) is 5.91 Å². The minimum atomic E-state index is -0.0376. The van der Waals surface area contributed by atoms with Gasteiger partial charge in [-0.25, -0.2) is 4.98 Å². The Labute approximate surface area is 122 Å². The molecule has 1 amide bonds. The van der Waals surface area contributed by atoms with Crippen molar-refractivity contribution in [3.63, 3.8) is 0 Å². The molecule has 0 bridgehead atoms. The predicted molar refractivity (Wildman–Crippen MR) is 80.2 cm³/mol. The zero-order valence-corrected chi connectivity index (χ0v) is 12.6. The van der Waals surface area contributed by atoms with Crippen molar-refractivity contribution in [3.8, 4) is 0 Å². The van der Waals surface area contributed by atoms with Crippen molar-refractivity contribution in [1.82, 2.24) is 15.3 Å². The van der Waals surface area contributed by atoms with Crippen LogP contribution in [-0.2, 0) is 12.8 Å². The van der Waals surface area contributed by atoms with Gasteiger partial charge in [0.2, 0.25) is 0 Å². The highest BCUT2D eigenvalue weighted by Crippen LogP contribution is 2.29. The average molecular weight is 289 g/mol. The molecule has 106 valence electrons. The van der Waals surface area contributed by atoms with Crippen LogP contribution in [0, 0.1) is 6.92 Å². The van der Waals surface area contributed by atoms with Gasteiger partial charge in [-0.3, -0.25) is 4.79 Å². The summed E-state index contributed by atoms with van der Waals surface area (Å²) in [5.74, 6) is -0.0376. The van der Waals surface area contributed by atoms with E-state index in [1.807, 2.05) is 19.9 Å². The van der Waals surface area contributed by atoms with E-state index in [2.05, 4.69) is 10.3 Å². The number of thiazole rings is 1. The van der Waals surface area contributed by atoms with E-state index >= 15 is 0 Å². The maximum Gasteiger partial charge on any atom is 0.253 e. The largest absolute Gasteiger partial charge is 0.365 e. The summed E-state index contributed by atoms with van der Waals surface area (Å²) in [6.45, 7) is 3.91. The molecule has 4 nitrogen and oxygen atoms in total. The summed E-state index contributed by atoms with van der Waals surface area (Å²) in [6.07, 6.45) is 6.52. The van der Waals surface area contributed by atoms with Crippen LogP contribution in [0.1, 0.15) is 57.4 Å². The molecule has 3 rings (SSSR count).